The Labute approximate surface area is 180 Å². The number of hydrogen-bond donors (Lipinski definition) is 1. The number of halogens is 1. The molecule has 0 heterocycles. The smallest absolute Gasteiger partial charge is 0.0700 e. The second-order valence-electron chi connectivity index (χ2n) is 10.3. The molecule has 0 aliphatic carbocycles. The quantitative estimate of drug-likeness (QED) is 0.108. The van der Waals surface area contributed by atoms with Crippen LogP contribution in [0.5, 0.6) is 0 Å². The zero-order valence-corrected chi connectivity index (χ0v) is 21.7. The number of hydrogen-bond acceptors (Lipinski definition) is 1. The van der Waals surface area contributed by atoms with Crippen LogP contribution in [0.25, 0.3) is 0 Å². The van der Waals surface area contributed by atoms with Crippen molar-refractivity contribution in [1.29, 1.82) is 0 Å². The summed E-state index contributed by atoms with van der Waals surface area (Å²) < 4.78 is 0.203. The van der Waals surface area contributed by atoms with Crippen molar-refractivity contribution in [2.24, 2.45) is 29.1 Å². The minimum atomic E-state index is 0.203. The average Bonchev–Trinajstić information content (AvgIpc) is 2.51. The summed E-state index contributed by atoms with van der Waals surface area (Å²) >= 11 is 2.58. The van der Waals surface area contributed by atoms with Crippen molar-refractivity contribution >= 4 is 22.6 Å². The van der Waals surface area contributed by atoms with Gasteiger partial charge in [-0.1, -0.05) is 110 Å². The highest BCUT2D eigenvalue weighted by Gasteiger charge is 2.29. The summed E-state index contributed by atoms with van der Waals surface area (Å²) in [6.45, 7) is 22.6. The summed E-state index contributed by atoms with van der Waals surface area (Å²) in [7, 11) is 0. The van der Waals surface area contributed by atoms with E-state index in [1.165, 1.54) is 51.4 Å². The molecule has 0 radical (unpaired) electrons. The highest BCUT2D eigenvalue weighted by molar-refractivity contribution is 14.1. The van der Waals surface area contributed by atoms with Crippen molar-refractivity contribution in [2.75, 3.05) is 6.54 Å². The second-order valence-corrected chi connectivity index (χ2v) is 12.6. The summed E-state index contributed by atoms with van der Waals surface area (Å²) in [4.78, 5) is 0. The van der Waals surface area contributed by atoms with Crippen LogP contribution in [0.2, 0.25) is 0 Å². The molecule has 0 aliphatic heterocycles. The third-order valence-corrected chi connectivity index (χ3v) is 8.18. The van der Waals surface area contributed by atoms with Gasteiger partial charge in [0.05, 0.1) is 3.55 Å². The Hall–Kier alpha value is 0.690. The van der Waals surface area contributed by atoms with E-state index in [0.29, 0.717) is 11.3 Å². The van der Waals surface area contributed by atoms with E-state index in [-0.39, 0.29) is 3.55 Å². The highest BCUT2D eigenvalue weighted by Crippen LogP contribution is 2.39. The fourth-order valence-electron chi connectivity index (χ4n) is 3.96. The van der Waals surface area contributed by atoms with Crippen LogP contribution >= 0.6 is 22.6 Å². The zero-order chi connectivity index (χ0) is 20.4. The van der Waals surface area contributed by atoms with Crippen LogP contribution in [-0.4, -0.2) is 10.1 Å². The summed E-state index contributed by atoms with van der Waals surface area (Å²) in [6.07, 6.45) is 11.2. The first-order valence-corrected chi connectivity index (χ1v) is 12.4. The molecule has 0 spiro atoms. The van der Waals surface area contributed by atoms with E-state index in [1.807, 2.05) is 0 Å². The minimum absolute atomic E-state index is 0.203. The Morgan fingerprint density at radius 1 is 0.846 bits per heavy atom. The Morgan fingerprint density at radius 2 is 1.46 bits per heavy atom. The van der Waals surface area contributed by atoms with Gasteiger partial charge < -0.3 is 5.32 Å². The first kappa shape index (κ1) is 26.7. The van der Waals surface area contributed by atoms with Crippen molar-refractivity contribution in [3.05, 3.63) is 0 Å². The molecule has 0 aliphatic rings. The minimum Gasteiger partial charge on any atom is -0.303 e. The SMILES string of the molecule is CCC[C@@](C)(CCCCCC(C)C)CC(C)C(C)CNC(C)(I)C(C)C. The van der Waals surface area contributed by atoms with Gasteiger partial charge in [-0.3, -0.25) is 0 Å². The Kier molecular flexibility index (Phi) is 13.4. The molecular weight excluding hydrogens is 429 g/mol. The number of rotatable bonds is 15. The molecule has 0 saturated carbocycles. The number of unbranched alkanes of at least 4 members (excludes halogenated alkanes) is 2. The van der Waals surface area contributed by atoms with Gasteiger partial charge in [0.25, 0.3) is 0 Å². The lowest BCUT2D eigenvalue weighted by molar-refractivity contribution is 0.169. The van der Waals surface area contributed by atoms with Gasteiger partial charge in [-0.15, -0.1) is 0 Å². The van der Waals surface area contributed by atoms with Gasteiger partial charge in [0.2, 0.25) is 0 Å². The summed E-state index contributed by atoms with van der Waals surface area (Å²) in [6, 6.07) is 0. The molecule has 0 aromatic heterocycles. The fraction of sp³-hybridized carbons (Fsp3) is 1.00. The van der Waals surface area contributed by atoms with Crippen LogP contribution in [0.3, 0.4) is 0 Å². The van der Waals surface area contributed by atoms with Crippen LogP contribution in [-0.2, 0) is 0 Å². The second kappa shape index (κ2) is 13.0. The molecule has 158 valence electrons. The van der Waals surface area contributed by atoms with Crippen LogP contribution in [0.15, 0.2) is 0 Å². The maximum Gasteiger partial charge on any atom is 0.0700 e. The third-order valence-electron chi connectivity index (χ3n) is 6.56. The molecule has 0 rings (SSSR count). The summed E-state index contributed by atoms with van der Waals surface area (Å²) in [5.74, 6) is 3.04. The first-order chi connectivity index (χ1) is 11.9. The molecule has 4 atom stereocenters. The third kappa shape index (κ3) is 11.5. The lowest BCUT2D eigenvalue weighted by Crippen LogP contribution is -2.44. The van der Waals surface area contributed by atoms with Crippen molar-refractivity contribution in [2.45, 2.75) is 117 Å². The van der Waals surface area contributed by atoms with E-state index in [4.69, 9.17) is 0 Å². The fourth-order valence-corrected chi connectivity index (χ4v) is 4.18. The standard InChI is InChI=1S/C24H50IN/c1-10-15-23(8,16-13-11-12-14-19(2)3)17-21(6)22(7)18-26-24(9,25)20(4)5/h19-22,26H,10-18H2,1-9H3/t21?,22?,23-,24?/m0/s1. The predicted molar refractivity (Wildman–Crippen MR) is 129 cm³/mol. The molecule has 0 bridgehead atoms. The van der Waals surface area contributed by atoms with Crippen LogP contribution in [0, 0.1) is 29.1 Å². The van der Waals surface area contributed by atoms with E-state index in [9.17, 15) is 0 Å². The van der Waals surface area contributed by atoms with Crippen LogP contribution in [0.4, 0.5) is 0 Å². The molecule has 0 fully saturated rings. The van der Waals surface area contributed by atoms with Gasteiger partial charge >= 0.3 is 0 Å². The largest absolute Gasteiger partial charge is 0.303 e. The number of alkyl halides is 1. The van der Waals surface area contributed by atoms with Gasteiger partial charge in [0.1, 0.15) is 0 Å². The predicted octanol–water partition coefficient (Wildman–Crippen LogP) is 8.46. The molecule has 26 heavy (non-hydrogen) atoms. The van der Waals surface area contributed by atoms with E-state index < -0.39 is 0 Å². The van der Waals surface area contributed by atoms with E-state index in [1.54, 1.807) is 0 Å². The van der Waals surface area contributed by atoms with E-state index in [0.717, 1.165) is 24.3 Å². The van der Waals surface area contributed by atoms with Crippen molar-refractivity contribution in [3.8, 4) is 0 Å². The molecule has 3 unspecified atom stereocenters. The molecular formula is C24H50IN. The van der Waals surface area contributed by atoms with E-state index >= 15 is 0 Å². The maximum absolute atomic E-state index is 3.81. The molecule has 0 aromatic rings. The summed E-state index contributed by atoms with van der Waals surface area (Å²) in [5, 5.41) is 3.81. The lowest BCUT2D eigenvalue weighted by Gasteiger charge is -2.36. The zero-order valence-electron chi connectivity index (χ0n) is 19.6. The first-order valence-electron chi connectivity index (χ1n) is 11.4. The molecule has 1 nitrogen and oxygen atoms in total. The molecule has 0 saturated heterocycles. The normalized spacial score (nSPS) is 19.4. The average molecular weight is 480 g/mol. The Balaban J connectivity index is 4.47. The monoisotopic (exact) mass is 479 g/mol. The molecule has 0 aromatic carbocycles. The van der Waals surface area contributed by atoms with Gasteiger partial charge in [0, 0.05) is 0 Å². The highest BCUT2D eigenvalue weighted by atomic mass is 127. The van der Waals surface area contributed by atoms with Crippen LogP contribution < -0.4 is 5.32 Å². The number of nitrogens with one attached hydrogen (secondary N) is 1. The van der Waals surface area contributed by atoms with Crippen molar-refractivity contribution in [3.63, 3.8) is 0 Å². The Bertz CT molecular complexity index is 350. The van der Waals surface area contributed by atoms with Crippen molar-refractivity contribution in [1.82, 2.24) is 5.32 Å². The maximum atomic E-state index is 3.81. The molecule has 1 N–H and O–H groups in total. The lowest BCUT2D eigenvalue weighted by atomic mass is 9.72. The Morgan fingerprint density at radius 3 is 1.96 bits per heavy atom. The van der Waals surface area contributed by atoms with Crippen LogP contribution in [0.1, 0.15) is 114 Å². The topological polar surface area (TPSA) is 12.0 Å². The van der Waals surface area contributed by atoms with Gasteiger partial charge in [-0.05, 0) is 61.8 Å². The van der Waals surface area contributed by atoms with Gasteiger partial charge in [-0.2, -0.15) is 0 Å². The van der Waals surface area contributed by atoms with Gasteiger partial charge in [0.15, 0.2) is 0 Å². The molecule has 0 amide bonds. The summed E-state index contributed by atoms with van der Waals surface area (Å²) in [5.41, 5.74) is 0.534. The van der Waals surface area contributed by atoms with Crippen molar-refractivity contribution < 1.29 is 0 Å². The van der Waals surface area contributed by atoms with E-state index in [2.05, 4.69) is 90.2 Å². The molecule has 2 heteroatoms. The van der Waals surface area contributed by atoms with Gasteiger partial charge in [-0.25, -0.2) is 0 Å².